The van der Waals surface area contributed by atoms with Crippen LogP contribution < -0.4 is 4.90 Å². The van der Waals surface area contributed by atoms with Crippen molar-refractivity contribution in [2.24, 2.45) is 0 Å². The quantitative estimate of drug-likeness (QED) is 0.698. The van der Waals surface area contributed by atoms with Crippen molar-refractivity contribution in [2.45, 2.75) is 30.6 Å². The molecule has 3 aromatic rings. The number of rotatable bonds is 3. The molecule has 2 aromatic heterocycles. The van der Waals surface area contributed by atoms with Crippen molar-refractivity contribution >= 4 is 26.8 Å². The van der Waals surface area contributed by atoms with Gasteiger partial charge in [0.05, 0.1) is 12.1 Å². The number of aryl methyl sites for hydroxylation is 1. The summed E-state index contributed by atoms with van der Waals surface area (Å²) in [7, 11) is -3.41. The molecular formula is C18H20N4O3S. The van der Waals surface area contributed by atoms with Crippen molar-refractivity contribution in [2.75, 3.05) is 24.2 Å². The Kier molecular flexibility index (Phi) is 4.14. The predicted octanol–water partition coefficient (Wildman–Crippen LogP) is 2.71. The SMILES string of the molecule is Cc1ncc(S(C)(=O)=O)c(N2CCC[C@@H](c3nc4ccccc4o3)C2)n1. The highest BCUT2D eigenvalue weighted by atomic mass is 32.2. The lowest BCUT2D eigenvalue weighted by Gasteiger charge is -2.33. The van der Waals surface area contributed by atoms with Crippen LogP contribution in [0.3, 0.4) is 0 Å². The second kappa shape index (κ2) is 6.35. The van der Waals surface area contributed by atoms with E-state index in [1.165, 1.54) is 12.5 Å². The first-order chi connectivity index (χ1) is 12.4. The Morgan fingerprint density at radius 3 is 2.81 bits per heavy atom. The van der Waals surface area contributed by atoms with Gasteiger partial charge in [-0.3, -0.25) is 0 Å². The standard InChI is InChI=1S/C18H20N4O3S/c1-12-19-10-16(26(2,23)24)17(20-12)22-9-5-6-13(11-22)18-21-14-7-3-4-8-15(14)25-18/h3-4,7-8,10,13H,5-6,9,11H2,1-2H3/t13-/m1/s1. The first kappa shape index (κ1) is 17.0. The number of piperidine rings is 1. The van der Waals surface area contributed by atoms with Gasteiger partial charge in [0.2, 0.25) is 0 Å². The molecule has 136 valence electrons. The van der Waals surface area contributed by atoms with Crippen LogP contribution in [0.1, 0.15) is 30.5 Å². The number of aromatic nitrogens is 3. The Hall–Kier alpha value is -2.48. The Bertz CT molecular complexity index is 1030. The minimum Gasteiger partial charge on any atom is -0.440 e. The molecule has 0 unspecified atom stereocenters. The highest BCUT2D eigenvalue weighted by Crippen LogP contribution is 2.32. The van der Waals surface area contributed by atoms with Crippen LogP contribution in [0.5, 0.6) is 0 Å². The summed E-state index contributed by atoms with van der Waals surface area (Å²) in [4.78, 5) is 15.3. The third kappa shape index (κ3) is 3.16. The zero-order valence-electron chi connectivity index (χ0n) is 14.7. The Balaban J connectivity index is 1.68. The van der Waals surface area contributed by atoms with Crippen LogP contribution >= 0.6 is 0 Å². The van der Waals surface area contributed by atoms with Gasteiger partial charge in [-0.25, -0.2) is 23.4 Å². The van der Waals surface area contributed by atoms with E-state index in [1.54, 1.807) is 6.92 Å². The zero-order chi connectivity index (χ0) is 18.3. The van der Waals surface area contributed by atoms with Gasteiger partial charge in [0, 0.05) is 19.3 Å². The molecule has 3 heterocycles. The lowest BCUT2D eigenvalue weighted by Crippen LogP contribution is -2.36. The number of hydrogen-bond acceptors (Lipinski definition) is 7. The van der Waals surface area contributed by atoms with Gasteiger partial charge in [0.25, 0.3) is 0 Å². The molecule has 1 fully saturated rings. The third-order valence-corrected chi connectivity index (χ3v) is 5.72. The molecule has 0 amide bonds. The maximum atomic E-state index is 12.1. The van der Waals surface area contributed by atoms with Crippen LogP contribution in [0, 0.1) is 6.92 Å². The van der Waals surface area contributed by atoms with Crippen LogP contribution in [-0.4, -0.2) is 42.7 Å². The van der Waals surface area contributed by atoms with E-state index in [0.717, 1.165) is 30.5 Å². The second-order valence-electron chi connectivity index (χ2n) is 6.68. The van der Waals surface area contributed by atoms with E-state index < -0.39 is 9.84 Å². The summed E-state index contributed by atoms with van der Waals surface area (Å²) in [5.41, 5.74) is 1.61. The molecule has 0 radical (unpaired) electrons. The number of benzene rings is 1. The Morgan fingerprint density at radius 2 is 2.04 bits per heavy atom. The number of para-hydroxylation sites is 2. The van der Waals surface area contributed by atoms with E-state index in [1.807, 2.05) is 29.2 Å². The van der Waals surface area contributed by atoms with Crippen molar-refractivity contribution in [3.05, 3.63) is 42.2 Å². The largest absolute Gasteiger partial charge is 0.440 e. The summed E-state index contributed by atoms with van der Waals surface area (Å²) < 4.78 is 30.2. The fourth-order valence-electron chi connectivity index (χ4n) is 3.37. The molecular weight excluding hydrogens is 352 g/mol. The van der Waals surface area contributed by atoms with E-state index >= 15 is 0 Å². The van der Waals surface area contributed by atoms with Crippen LogP contribution in [0.4, 0.5) is 5.82 Å². The number of hydrogen-bond donors (Lipinski definition) is 0. The van der Waals surface area contributed by atoms with Gasteiger partial charge in [0.1, 0.15) is 16.2 Å². The van der Waals surface area contributed by atoms with Crippen LogP contribution in [0.25, 0.3) is 11.1 Å². The first-order valence-corrected chi connectivity index (χ1v) is 10.4. The first-order valence-electron chi connectivity index (χ1n) is 8.56. The highest BCUT2D eigenvalue weighted by Gasteiger charge is 2.29. The molecule has 1 aliphatic rings. The molecule has 1 aliphatic heterocycles. The Labute approximate surface area is 152 Å². The van der Waals surface area contributed by atoms with E-state index in [9.17, 15) is 8.42 Å². The van der Waals surface area contributed by atoms with Crippen molar-refractivity contribution in [1.82, 2.24) is 15.0 Å². The van der Waals surface area contributed by atoms with Gasteiger partial charge >= 0.3 is 0 Å². The minimum absolute atomic E-state index is 0.0961. The summed E-state index contributed by atoms with van der Waals surface area (Å²) in [6, 6.07) is 7.69. The average Bonchev–Trinajstić information content (AvgIpc) is 3.05. The number of anilines is 1. The zero-order valence-corrected chi connectivity index (χ0v) is 15.5. The smallest absolute Gasteiger partial charge is 0.200 e. The Morgan fingerprint density at radius 1 is 1.23 bits per heavy atom. The van der Waals surface area contributed by atoms with Crippen molar-refractivity contribution in [3.8, 4) is 0 Å². The molecule has 0 bridgehead atoms. The molecule has 26 heavy (non-hydrogen) atoms. The van der Waals surface area contributed by atoms with E-state index in [-0.39, 0.29) is 10.8 Å². The van der Waals surface area contributed by atoms with Crippen molar-refractivity contribution in [3.63, 3.8) is 0 Å². The normalized spacial score (nSPS) is 18.4. The molecule has 0 spiro atoms. The topological polar surface area (TPSA) is 89.2 Å². The summed E-state index contributed by atoms with van der Waals surface area (Å²) in [6.07, 6.45) is 4.44. The lowest BCUT2D eigenvalue weighted by atomic mass is 9.98. The lowest BCUT2D eigenvalue weighted by molar-refractivity contribution is 0.411. The van der Waals surface area contributed by atoms with Crippen LogP contribution in [-0.2, 0) is 9.84 Å². The molecule has 1 aromatic carbocycles. The monoisotopic (exact) mass is 372 g/mol. The summed E-state index contributed by atoms with van der Waals surface area (Å²) in [5, 5.41) is 0. The summed E-state index contributed by atoms with van der Waals surface area (Å²) in [5.74, 6) is 1.82. The third-order valence-electron chi connectivity index (χ3n) is 4.64. The van der Waals surface area contributed by atoms with Crippen LogP contribution in [0.2, 0.25) is 0 Å². The maximum Gasteiger partial charge on any atom is 0.200 e. The predicted molar refractivity (Wildman–Crippen MR) is 98.1 cm³/mol. The fourth-order valence-corrected chi connectivity index (χ4v) is 4.12. The van der Waals surface area contributed by atoms with Crippen LogP contribution in [0.15, 0.2) is 39.8 Å². The van der Waals surface area contributed by atoms with Gasteiger partial charge in [-0.1, -0.05) is 12.1 Å². The molecule has 1 atom stereocenters. The molecule has 0 N–H and O–H groups in total. The molecule has 0 saturated carbocycles. The van der Waals surface area contributed by atoms with Crippen molar-refractivity contribution < 1.29 is 12.8 Å². The summed E-state index contributed by atoms with van der Waals surface area (Å²) in [6.45, 7) is 3.12. The maximum absolute atomic E-state index is 12.1. The second-order valence-corrected chi connectivity index (χ2v) is 8.67. The molecule has 8 heteroatoms. The van der Waals surface area contributed by atoms with E-state index in [4.69, 9.17) is 4.42 Å². The van der Waals surface area contributed by atoms with E-state index in [0.29, 0.717) is 24.1 Å². The number of sulfone groups is 1. The van der Waals surface area contributed by atoms with Gasteiger partial charge in [-0.15, -0.1) is 0 Å². The number of oxazole rings is 1. The minimum atomic E-state index is -3.41. The van der Waals surface area contributed by atoms with Gasteiger partial charge < -0.3 is 9.32 Å². The van der Waals surface area contributed by atoms with E-state index in [2.05, 4.69) is 15.0 Å². The van der Waals surface area contributed by atoms with Crippen molar-refractivity contribution in [1.29, 1.82) is 0 Å². The number of nitrogens with zero attached hydrogens (tertiary/aromatic N) is 4. The summed E-state index contributed by atoms with van der Waals surface area (Å²) >= 11 is 0. The van der Waals surface area contributed by atoms with Gasteiger partial charge in [-0.2, -0.15) is 0 Å². The van der Waals surface area contributed by atoms with Gasteiger partial charge in [0.15, 0.2) is 27.1 Å². The van der Waals surface area contributed by atoms with Gasteiger partial charge in [-0.05, 0) is 31.9 Å². The average molecular weight is 372 g/mol. The highest BCUT2D eigenvalue weighted by molar-refractivity contribution is 7.90. The molecule has 7 nitrogen and oxygen atoms in total. The molecule has 1 saturated heterocycles. The number of fused-ring (bicyclic) bond motifs is 1. The fraction of sp³-hybridized carbons (Fsp3) is 0.389. The molecule has 4 rings (SSSR count). The molecule has 0 aliphatic carbocycles.